The number of allylic oxidation sites excluding steroid dienone is 1. The number of carbonyl (C=O) groups is 1. The topological polar surface area (TPSA) is 40.5 Å². The van der Waals surface area contributed by atoms with Gasteiger partial charge in [-0.15, -0.1) is 23.1 Å². The Hall–Kier alpha value is -2.71. The first-order valence-corrected chi connectivity index (χ1v) is 11.0. The number of hydrogen-bond donors (Lipinski definition) is 1. The van der Waals surface area contributed by atoms with Crippen molar-refractivity contribution in [1.29, 1.82) is 0 Å². The fourth-order valence-corrected chi connectivity index (χ4v) is 5.84. The highest BCUT2D eigenvalue weighted by molar-refractivity contribution is 8.03. The molecule has 1 aliphatic rings. The smallest absolute Gasteiger partial charge is 0.416 e. The molecule has 3 aromatic rings. The Morgan fingerprint density at radius 3 is 2.52 bits per heavy atom. The number of rotatable bonds is 4. The Balaban J connectivity index is 1.70. The Bertz CT molecular complexity index is 1190. The van der Waals surface area contributed by atoms with Crippen molar-refractivity contribution in [3.05, 3.63) is 88.3 Å². The SMILES string of the molecule is C=C(N(C)C(=O)c1sc2ccc(C(F)(F)F)cc2c1O)C1(c2ccccc2)CC=CS1. The van der Waals surface area contributed by atoms with E-state index in [0.29, 0.717) is 16.8 Å². The zero-order chi connectivity index (χ0) is 22.4. The van der Waals surface area contributed by atoms with Crippen LogP contribution in [0.3, 0.4) is 0 Å². The summed E-state index contributed by atoms with van der Waals surface area (Å²) in [7, 11) is 1.57. The summed E-state index contributed by atoms with van der Waals surface area (Å²) in [6.07, 6.45) is -1.88. The lowest BCUT2D eigenvalue weighted by Gasteiger charge is -2.35. The van der Waals surface area contributed by atoms with Gasteiger partial charge in [0.15, 0.2) is 0 Å². The highest BCUT2D eigenvalue weighted by atomic mass is 32.2. The molecule has 1 N–H and O–H groups in total. The van der Waals surface area contributed by atoms with Crippen LogP contribution in [0.25, 0.3) is 10.1 Å². The number of carbonyl (C=O) groups excluding carboxylic acids is 1. The van der Waals surface area contributed by atoms with Crippen molar-refractivity contribution >= 4 is 39.1 Å². The number of halogens is 3. The Morgan fingerprint density at radius 2 is 1.90 bits per heavy atom. The van der Waals surface area contributed by atoms with Crippen LogP contribution in [-0.4, -0.2) is 23.0 Å². The van der Waals surface area contributed by atoms with Crippen molar-refractivity contribution in [2.45, 2.75) is 17.3 Å². The summed E-state index contributed by atoms with van der Waals surface area (Å²) in [5.74, 6) is -0.957. The number of benzene rings is 2. The van der Waals surface area contributed by atoms with Crippen molar-refractivity contribution in [1.82, 2.24) is 4.90 Å². The summed E-state index contributed by atoms with van der Waals surface area (Å²) in [4.78, 5) is 14.6. The monoisotopic (exact) mass is 461 g/mol. The summed E-state index contributed by atoms with van der Waals surface area (Å²) >= 11 is 2.51. The van der Waals surface area contributed by atoms with E-state index in [2.05, 4.69) is 6.58 Å². The number of hydrogen-bond acceptors (Lipinski definition) is 4. The first-order chi connectivity index (χ1) is 14.6. The van der Waals surface area contributed by atoms with E-state index in [9.17, 15) is 23.1 Å². The van der Waals surface area contributed by atoms with Gasteiger partial charge >= 0.3 is 6.18 Å². The maximum atomic E-state index is 13.3. The van der Waals surface area contributed by atoms with Crippen LogP contribution in [0.5, 0.6) is 5.75 Å². The first-order valence-electron chi connectivity index (χ1n) is 9.33. The van der Waals surface area contributed by atoms with Gasteiger partial charge in [-0.05, 0) is 35.6 Å². The highest BCUT2D eigenvalue weighted by Gasteiger charge is 2.41. The molecular weight excluding hydrogens is 443 g/mol. The summed E-state index contributed by atoms with van der Waals surface area (Å²) in [5.41, 5.74) is 0.651. The van der Waals surface area contributed by atoms with Crippen LogP contribution in [0.1, 0.15) is 27.2 Å². The summed E-state index contributed by atoms with van der Waals surface area (Å²) in [6, 6.07) is 12.8. The molecule has 1 aromatic heterocycles. The molecule has 1 aliphatic heterocycles. The van der Waals surface area contributed by atoms with E-state index in [0.717, 1.165) is 29.0 Å². The van der Waals surface area contributed by atoms with Gasteiger partial charge in [0.1, 0.15) is 10.6 Å². The second kappa shape index (κ2) is 7.76. The summed E-state index contributed by atoms with van der Waals surface area (Å²) in [6.45, 7) is 4.18. The van der Waals surface area contributed by atoms with E-state index < -0.39 is 28.1 Å². The van der Waals surface area contributed by atoms with Crippen LogP contribution in [0.4, 0.5) is 13.2 Å². The molecule has 0 aliphatic carbocycles. The van der Waals surface area contributed by atoms with Crippen LogP contribution >= 0.6 is 23.1 Å². The van der Waals surface area contributed by atoms with Gasteiger partial charge in [0.05, 0.1) is 10.3 Å². The normalized spacial score (nSPS) is 18.5. The number of aromatic hydroxyl groups is 1. The molecule has 0 radical (unpaired) electrons. The van der Waals surface area contributed by atoms with Gasteiger partial charge in [-0.3, -0.25) is 4.79 Å². The maximum absolute atomic E-state index is 13.3. The number of thiophene rings is 1. The third-order valence-electron chi connectivity index (χ3n) is 5.37. The first kappa shape index (κ1) is 21.5. The molecule has 160 valence electrons. The van der Waals surface area contributed by atoms with Gasteiger partial charge in [0, 0.05) is 22.8 Å². The predicted molar refractivity (Wildman–Crippen MR) is 119 cm³/mol. The van der Waals surface area contributed by atoms with Gasteiger partial charge in [0.25, 0.3) is 5.91 Å². The molecule has 0 spiro atoms. The maximum Gasteiger partial charge on any atom is 0.416 e. The van der Waals surface area contributed by atoms with Crippen molar-refractivity contribution in [3.8, 4) is 5.75 Å². The Labute approximate surface area is 185 Å². The molecule has 1 atom stereocenters. The second-order valence-electron chi connectivity index (χ2n) is 7.19. The van der Waals surface area contributed by atoms with Gasteiger partial charge < -0.3 is 10.0 Å². The zero-order valence-electron chi connectivity index (χ0n) is 16.4. The fourth-order valence-electron chi connectivity index (χ4n) is 3.62. The predicted octanol–water partition coefficient (Wildman–Crippen LogP) is 6.76. The lowest BCUT2D eigenvalue weighted by Crippen LogP contribution is -2.35. The minimum Gasteiger partial charge on any atom is -0.506 e. The van der Waals surface area contributed by atoms with Crippen LogP contribution in [0.15, 0.2) is 72.3 Å². The van der Waals surface area contributed by atoms with E-state index in [-0.39, 0.29) is 10.3 Å². The number of thioether (sulfide) groups is 1. The third-order valence-corrected chi connectivity index (χ3v) is 7.89. The van der Waals surface area contributed by atoms with E-state index >= 15 is 0 Å². The average Bonchev–Trinajstić information content (AvgIpc) is 3.38. The van der Waals surface area contributed by atoms with Crippen molar-refractivity contribution in [3.63, 3.8) is 0 Å². The molecule has 8 heteroatoms. The lowest BCUT2D eigenvalue weighted by atomic mass is 9.91. The lowest BCUT2D eigenvalue weighted by molar-refractivity contribution is -0.137. The Morgan fingerprint density at radius 1 is 1.19 bits per heavy atom. The summed E-state index contributed by atoms with van der Waals surface area (Å²) in [5, 5.41) is 12.6. The highest BCUT2D eigenvalue weighted by Crippen LogP contribution is 2.51. The molecule has 2 heterocycles. The zero-order valence-corrected chi connectivity index (χ0v) is 18.1. The molecule has 1 amide bonds. The minimum atomic E-state index is -4.54. The van der Waals surface area contributed by atoms with Gasteiger partial charge in [-0.1, -0.05) is 43.0 Å². The number of amides is 1. The van der Waals surface area contributed by atoms with E-state index in [1.807, 2.05) is 41.8 Å². The van der Waals surface area contributed by atoms with E-state index in [1.54, 1.807) is 18.8 Å². The van der Waals surface area contributed by atoms with Gasteiger partial charge in [-0.25, -0.2) is 0 Å². The van der Waals surface area contributed by atoms with Gasteiger partial charge in [0.2, 0.25) is 0 Å². The third kappa shape index (κ3) is 3.64. The van der Waals surface area contributed by atoms with Crippen LogP contribution in [-0.2, 0) is 10.9 Å². The number of fused-ring (bicyclic) bond motifs is 1. The average molecular weight is 462 g/mol. The van der Waals surface area contributed by atoms with Crippen molar-refractivity contribution in [2.24, 2.45) is 0 Å². The van der Waals surface area contributed by atoms with Crippen molar-refractivity contribution < 1.29 is 23.1 Å². The number of nitrogens with zero attached hydrogens (tertiary/aromatic N) is 1. The molecular formula is C23H18F3NO2S2. The van der Waals surface area contributed by atoms with E-state index in [1.165, 1.54) is 11.0 Å². The van der Waals surface area contributed by atoms with Crippen LogP contribution in [0, 0.1) is 0 Å². The van der Waals surface area contributed by atoms with Crippen molar-refractivity contribution in [2.75, 3.05) is 7.05 Å². The fraction of sp³-hybridized carbons (Fsp3) is 0.174. The quantitative estimate of drug-likeness (QED) is 0.467. The molecule has 0 bridgehead atoms. The Kier molecular flexibility index (Phi) is 5.39. The molecule has 0 fully saturated rings. The molecule has 31 heavy (non-hydrogen) atoms. The molecule has 0 saturated carbocycles. The number of likely N-dealkylation sites (N-methyl/N-ethyl adjacent to an activating group) is 1. The molecule has 2 aromatic carbocycles. The largest absolute Gasteiger partial charge is 0.506 e. The van der Waals surface area contributed by atoms with E-state index in [4.69, 9.17) is 0 Å². The summed E-state index contributed by atoms with van der Waals surface area (Å²) < 4.78 is 39.0. The van der Waals surface area contributed by atoms with Crippen LogP contribution < -0.4 is 0 Å². The molecule has 3 nitrogen and oxygen atoms in total. The number of alkyl halides is 3. The molecule has 0 saturated heterocycles. The second-order valence-corrected chi connectivity index (χ2v) is 9.44. The van der Waals surface area contributed by atoms with Crippen LogP contribution in [0.2, 0.25) is 0 Å². The molecule has 4 rings (SSSR count). The molecule has 1 unspecified atom stereocenters. The van der Waals surface area contributed by atoms with Gasteiger partial charge in [-0.2, -0.15) is 13.2 Å². The minimum absolute atomic E-state index is 0.0110. The standard InChI is InChI=1S/C23H18F3NO2S2/c1-14(22(11-6-12-30-22)15-7-4-3-5-8-15)27(2)21(29)20-19(28)17-13-16(23(24,25)26)9-10-18(17)31-20/h3-10,12-13,28H,1,11H2,2H3.